The number of carboxylic acids is 1. The minimum absolute atomic E-state index is 0.0567. The second-order valence-electron chi connectivity index (χ2n) is 8.95. The van der Waals surface area contributed by atoms with Crippen LogP contribution in [-0.2, 0) is 14.3 Å². The molecular weight excluding hydrogens is 340 g/mol. The van der Waals surface area contributed by atoms with Crippen LogP contribution < -0.4 is 0 Å². The molecule has 1 aliphatic rings. The molecule has 3 unspecified atom stereocenters. The maximum absolute atomic E-state index is 12.3. The first kappa shape index (κ1) is 24.0. The van der Waals surface area contributed by atoms with E-state index in [0.717, 1.165) is 31.6 Å². The second-order valence-corrected chi connectivity index (χ2v) is 8.95. The Kier molecular flexibility index (Phi) is 12.4. The molecule has 0 aromatic rings. The molecule has 0 spiro atoms. The molecule has 1 rings (SSSR count). The first-order chi connectivity index (χ1) is 12.9. The third-order valence-corrected chi connectivity index (χ3v) is 5.82. The van der Waals surface area contributed by atoms with Crippen molar-refractivity contribution >= 4 is 11.9 Å². The molecular formula is C23H42O4. The van der Waals surface area contributed by atoms with Crippen molar-refractivity contribution in [2.24, 2.45) is 17.8 Å². The fourth-order valence-corrected chi connectivity index (χ4v) is 4.03. The molecule has 0 bridgehead atoms. The highest BCUT2D eigenvalue weighted by Gasteiger charge is 2.32. The fourth-order valence-electron chi connectivity index (χ4n) is 4.03. The lowest BCUT2D eigenvalue weighted by Crippen LogP contribution is -2.30. The van der Waals surface area contributed by atoms with Gasteiger partial charge in [0, 0.05) is 0 Å². The number of esters is 1. The van der Waals surface area contributed by atoms with Gasteiger partial charge in [-0.25, -0.2) is 0 Å². The van der Waals surface area contributed by atoms with Crippen molar-refractivity contribution in [3.05, 3.63) is 0 Å². The molecule has 158 valence electrons. The average Bonchev–Trinajstić information content (AvgIpc) is 2.63. The van der Waals surface area contributed by atoms with Crippen LogP contribution in [0.5, 0.6) is 0 Å². The van der Waals surface area contributed by atoms with Crippen molar-refractivity contribution in [3.63, 3.8) is 0 Å². The largest absolute Gasteiger partial charge is 0.481 e. The van der Waals surface area contributed by atoms with Crippen molar-refractivity contribution in [1.29, 1.82) is 0 Å². The summed E-state index contributed by atoms with van der Waals surface area (Å²) < 4.78 is 5.58. The van der Waals surface area contributed by atoms with E-state index in [1.165, 1.54) is 51.4 Å². The molecule has 27 heavy (non-hydrogen) atoms. The highest BCUT2D eigenvalue weighted by Crippen LogP contribution is 2.30. The summed E-state index contributed by atoms with van der Waals surface area (Å²) in [4.78, 5) is 23.4. The number of aliphatic carboxylic acids is 1. The van der Waals surface area contributed by atoms with Crippen molar-refractivity contribution in [1.82, 2.24) is 0 Å². The predicted molar refractivity (Wildman–Crippen MR) is 110 cm³/mol. The quantitative estimate of drug-likeness (QED) is 0.280. The van der Waals surface area contributed by atoms with Gasteiger partial charge in [-0.05, 0) is 44.9 Å². The van der Waals surface area contributed by atoms with Gasteiger partial charge in [0.15, 0.2) is 0 Å². The molecule has 0 amide bonds. The van der Waals surface area contributed by atoms with Gasteiger partial charge in [0.05, 0.1) is 17.9 Å². The molecule has 4 nitrogen and oxygen atoms in total. The highest BCUT2D eigenvalue weighted by atomic mass is 16.5. The van der Waals surface area contributed by atoms with Crippen LogP contribution in [0.1, 0.15) is 111 Å². The predicted octanol–water partition coefficient (Wildman–Crippen LogP) is 6.37. The molecule has 0 aromatic heterocycles. The Hall–Kier alpha value is -1.06. The molecule has 1 aliphatic carbocycles. The number of rotatable bonds is 14. The van der Waals surface area contributed by atoms with Crippen molar-refractivity contribution in [2.75, 3.05) is 0 Å². The fraction of sp³-hybridized carbons (Fsp3) is 0.913. The Morgan fingerprint density at radius 3 is 1.93 bits per heavy atom. The van der Waals surface area contributed by atoms with Gasteiger partial charge in [0.25, 0.3) is 0 Å². The van der Waals surface area contributed by atoms with Gasteiger partial charge in [-0.3, -0.25) is 9.59 Å². The number of carboxylic acid groups (broad SMARTS) is 1. The first-order valence-electron chi connectivity index (χ1n) is 11.3. The average molecular weight is 383 g/mol. The van der Waals surface area contributed by atoms with Gasteiger partial charge in [0.1, 0.15) is 0 Å². The third-order valence-electron chi connectivity index (χ3n) is 5.82. The van der Waals surface area contributed by atoms with E-state index >= 15 is 0 Å². The zero-order chi connectivity index (χ0) is 20.1. The molecule has 0 aliphatic heterocycles. The molecule has 4 heteroatoms. The lowest BCUT2D eigenvalue weighted by molar-refractivity contribution is -0.156. The Labute approximate surface area is 166 Å². The Morgan fingerprint density at radius 1 is 0.852 bits per heavy atom. The number of hydrogen-bond acceptors (Lipinski definition) is 3. The van der Waals surface area contributed by atoms with E-state index in [-0.39, 0.29) is 23.9 Å². The molecule has 1 N–H and O–H groups in total. The SMILES string of the molecule is CC(C)CCCCCCCCCCC(C)OC(=O)C1CCCC(C(=O)O)C1. The van der Waals surface area contributed by atoms with E-state index < -0.39 is 5.97 Å². The molecule has 0 heterocycles. The van der Waals surface area contributed by atoms with Crippen LogP contribution >= 0.6 is 0 Å². The molecule has 1 saturated carbocycles. The van der Waals surface area contributed by atoms with E-state index in [2.05, 4.69) is 13.8 Å². The van der Waals surface area contributed by atoms with Gasteiger partial charge in [0.2, 0.25) is 0 Å². The molecule has 0 radical (unpaired) electrons. The molecule has 0 aromatic carbocycles. The number of carbonyl (C=O) groups excluding carboxylic acids is 1. The van der Waals surface area contributed by atoms with Crippen LogP contribution in [0, 0.1) is 17.8 Å². The van der Waals surface area contributed by atoms with Gasteiger partial charge in [-0.15, -0.1) is 0 Å². The third kappa shape index (κ3) is 11.4. The standard InChI is InChI=1S/C23H42O4/c1-18(2)13-10-8-6-4-5-7-9-11-14-19(3)27-23(26)21-16-12-15-20(17-21)22(24)25/h18-21H,4-17H2,1-3H3,(H,24,25). The van der Waals surface area contributed by atoms with E-state index in [4.69, 9.17) is 9.84 Å². The van der Waals surface area contributed by atoms with Gasteiger partial charge < -0.3 is 9.84 Å². The summed E-state index contributed by atoms with van der Waals surface area (Å²) in [5.74, 6) is -0.733. The zero-order valence-corrected chi connectivity index (χ0v) is 17.9. The smallest absolute Gasteiger partial charge is 0.309 e. The monoisotopic (exact) mass is 382 g/mol. The second kappa shape index (κ2) is 14.0. The summed E-state index contributed by atoms with van der Waals surface area (Å²) in [5, 5.41) is 9.14. The van der Waals surface area contributed by atoms with Gasteiger partial charge in [-0.1, -0.05) is 71.6 Å². The molecule has 3 atom stereocenters. The van der Waals surface area contributed by atoms with E-state index in [9.17, 15) is 9.59 Å². The number of carbonyl (C=O) groups is 2. The minimum atomic E-state index is -0.777. The van der Waals surface area contributed by atoms with Crippen molar-refractivity contribution < 1.29 is 19.4 Å². The Morgan fingerprint density at radius 2 is 1.37 bits per heavy atom. The lowest BCUT2D eigenvalue weighted by atomic mass is 9.81. The van der Waals surface area contributed by atoms with E-state index in [0.29, 0.717) is 12.8 Å². The molecule has 0 saturated heterocycles. The minimum Gasteiger partial charge on any atom is -0.481 e. The normalized spacial score (nSPS) is 21.2. The maximum atomic E-state index is 12.3. The van der Waals surface area contributed by atoms with Crippen LogP contribution in [-0.4, -0.2) is 23.1 Å². The Balaban J connectivity index is 2.01. The summed E-state index contributed by atoms with van der Waals surface area (Å²) in [6, 6.07) is 0. The van der Waals surface area contributed by atoms with Crippen LogP contribution in [0.15, 0.2) is 0 Å². The van der Waals surface area contributed by atoms with Crippen molar-refractivity contribution in [3.8, 4) is 0 Å². The summed E-state index contributed by atoms with van der Waals surface area (Å²) in [5.41, 5.74) is 0. The highest BCUT2D eigenvalue weighted by molar-refractivity contribution is 5.75. The van der Waals surface area contributed by atoms with Crippen LogP contribution in [0.2, 0.25) is 0 Å². The van der Waals surface area contributed by atoms with Gasteiger partial charge >= 0.3 is 11.9 Å². The topological polar surface area (TPSA) is 63.6 Å². The summed E-state index contributed by atoms with van der Waals surface area (Å²) in [6.45, 7) is 6.55. The summed E-state index contributed by atoms with van der Waals surface area (Å²) in [7, 11) is 0. The molecule has 1 fully saturated rings. The van der Waals surface area contributed by atoms with E-state index in [1.807, 2.05) is 6.92 Å². The Bertz CT molecular complexity index is 419. The summed E-state index contributed by atoms with van der Waals surface area (Å²) >= 11 is 0. The van der Waals surface area contributed by atoms with E-state index in [1.54, 1.807) is 0 Å². The van der Waals surface area contributed by atoms with Crippen LogP contribution in [0.4, 0.5) is 0 Å². The maximum Gasteiger partial charge on any atom is 0.309 e. The van der Waals surface area contributed by atoms with Crippen LogP contribution in [0.25, 0.3) is 0 Å². The van der Waals surface area contributed by atoms with Crippen molar-refractivity contribution in [2.45, 2.75) is 117 Å². The first-order valence-corrected chi connectivity index (χ1v) is 11.3. The number of hydrogen-bond donors (Lipinski definition) is 1. The van der Waals surface area contributed by atoms with Crippen LogP contribution in [0.3, 0.4) is 0 Å². The van der Waals surface area contributed by atoms with Gasteiger partial charge in [-0.2, -0.15) is 0 Å². The number of unbranched alkanes of at least 4 members (excludes halogenated alkanes) is 7. The number of ether oxygens (including phenoxy) is 1. The lowest BCUT2D eigenvalue weighted by Gasteiger charge is -2.26. The summed E-state index contributed by atoms with van der Waals surface area (Å²) in [6.07, 6.45) is 15.3. The zero-order valence-electron chi connectivity index (χ0n) is 17.9.